The molecule has 22 heavy (non-hydrogen) atoms. The summed E-state index contributed by atoms with van der Waals surface area (Å²) >= 11 is 0. The smallest absolute Gasteiger partial charge is 0.124 e. The Bertz CT molecular complexity index is 622. The lowest BCUT2D eigenvalue weighted by Gasteiger charge is -2.13. The number of methoxy groups -OCH3 is 1. The zero-order valence-corrected chi connectivity index (χ0v) is 14.3. The molecule has 0 saturated carbocycles. The van der Waals surface area contributed by atoms with Gasteiger partial charge in [0.2, 0.25) is 0 Å². The molecular weight excluding hydrogens is 276 g/mol. The van der Waals surface area contributed by atoms with Crippen molar-refractivity contribution < 1.29 is 14.9 Å². The summed E-state index contributed by atoms with van der Waals surface area (Å²) in [6, 6.07) is 7.26. The second-order valence-electron chi connectivity index (χ2n) is 5.21. The van der Waals surface area contributed by atoms with E-state index >= 15 is 0 Å². The minimum atomic E-state index is 0.178. The van der Waals surface area contributed by atoms with Gasteiger partial charge >= 0.3 is 0 Å². The monoisotopic (exact) mass is 302 g/mol. The molecular formula is C19H26O3. The molecule has 0 saturated heterocycles. The highest BCUT2D eigenvalue weighted by atomic mass is 16.5. The predicted octanol–water partition coefficient (Wildman–Crippen LogP) is 4.65. The van der Waals surface area contributed by atoms with Gasteiger partial charge in [-0.25, -0.2) is 0 Å². The summed E-state index contributed by atoms with van der Waals surface area (Å²) in [5.74, 6) is 1.32. The van der Waals surface area contributed by atoms with E-state index in [4.69, 9.17) is 4.74 Å². The molecule has 2 aromatic rings. The maximum Gasteiger partial charge on any atom is 0.124 e. The Hall–Kier alpha value is -2.16. The van der Waals surface area contributed by atoms with Gasteiger partial charge in [0.1, 0.15) is 17.2 Å². The second kappa shape index (κ2) is 7.74. The Morgan fingerprint density at radius 1 is 0.864 bits per heavy atom. The molecule has 0 aliphatic heterocycles. The summed E-state index contributed by atoms with van der Waals surface area (Å²) in [6.07, 6.45) is 0.576. The highest BCUT2D eigenvalue weighted by molar-refractivity contribution is 5.49. The van der Waals surface area contributed by atoms with E-state index < -0.39 is 0 Å². The lowest BCUT2D eigenvalue weighted by atomic mass is 9.98. The predicted molar refractivity (Wildman–Crippen MR) is 91.1 cm³/mol. The molecule has 2 rings (SSSR count). The number of aryl methyl sites for hydroxylation is 3. The Balaban J connectivity index is 0.00000116. The zero-order chi connectivity index (χ0) is 16.9. The van der Waals surface area contributed by atoms with Gasteiger partial charge in [-0.3, -0.25) is 0 Å². The van der Waals surface area contributed by atoms with Crippen molar-refractivity contribution in [2.24, 2.45) is 0 Å². The molecule has 3 nitrogen and oxygen atoms in total. The zero-order valence-electron chi connectivity index (χ0n) is 14.3. The van der Waals surface area contributed by atoms with Gasteiger partial charge in [-0.05, 0) is 55.2 Å². The summed E-state index contributed by atoms with van der Waals surface area (Å²) in [5.41, 5.74) is 4.63. The van der Waals surface area contributed by atoms with Crippen LogP contribution in [0.1, 0.15) is 41.7 Å². The van der Waals surface area contributed by atoms with Crippen molar-refractivity contribution in [1.29, 1.82) is 0 Å². The minimum Gasteiger partial charge on any atom is -0.508 e. The van der Waals surface area contributed by atoms with Crippen molar-refractivity contribution in [2.45, 2.75) is 41.0 Å². The maximum atomic E-state index is 10.1. The van der Waals surface area contributed by atoms with Crippen LogP contribution >= 0.6 is 0 Å². The average Bonchev–Trinajstić information content (AvgIpc) is 2.46. The molecule has 0 aliphatic carbocycles. The van der Waals surface area contributed by atoms with E-state index in [1.54, 1.807) is 26.2 Å². The first-order chi connectivity index (χ1) is 10.4. The Morgan fingerprint density at radius 3 is 1.91 bits per heavy atom. The highest BCUT2D eigenvalue weighted by Crippen LogP contribution is 2.31. The molecule has 0 aliphatic rings. The highest BCUT2D eigenvalue weighted by Gasteiger charge is 2.10. The van der Waals surface area contributed by atoms with E-state index in [-0.39, 0.29) is 11.5 Å². The van der Waals surface area contributed by atoms with Gasteiger partial charge in [0, 0.05) is 12.0 Å². The van der Waals surface area contributed by atoms with Gasteiger partial charge in [0.15, 0.2) is 0 Å². The van der Waals surface area contributed by atoms with E-state index in [2.05, 4.69) is 0 Å². The van der Waals surface area contributed by atoms with Crippen molar-refractivity contribution in [2.75, 3.05) is 7.11 Å². The first-order valence-corrected chi connectivity index (χ1v) is 7.58. The number of ether oxygens (including phenoxy) is 1. The summed E-state index contributed by atoms with van der Waals surface area (Å²) in [7, 11) is 1.67. The molecule has 0 radical (unpaired) electrons. The number of hydrogen-bond acceptors (Lipinski definition) is 3. The van der Waals surface area contributed by atoms with Gasteiger partial charge < -0.3 is 14.9 Å². The van der Waals surface area contributed by atoms with Crippen molar-refractivity contribution in [1.82, 2.24) is 0 Å². The van der Waals surface area contributed by atoms with Crippen LogP contribution in [-0.2, 0) is 6.42 Å². The van der Waals surface area contributed by atoms with Gasteiger partial charge in [0.25, 0.3) is 0 Å². The third-order valence-electron chi connectivity index (χ3n) is 3.48. The van der Waals surface area contributed by atoms with Gasteiger partial charge in [-0.1, -0.05) is 26.0 Å². The largest absolute Gasteiger partial charge is 0.508 e. The number of benzene rings is 2. The van der Waals surface area contributed by atoms with E-state index in [9.17, 15) is 10.2 Å². The lowest BCUT2D eigenvalue weighted by Crippen LogP contribution is -1.96. The quantitative estimate of drug-likeness (QED) is 0.811. The molecule has 3 heteroatoms. The van der Waals surface area contributed by atoms with Gasteiger partial charge in [-0.15, -0.1) is 0 Å². The minimum absolute atomic E-state index is 0.178. The normalized spacial score (nSPS) is 9.91. The van der Waals surface area contributed by atoms with E-state index in [0.29, 0.717) is 12.0 Å². The second-order valence-corrected chi connectivity index (χ2v) is 5.21. The summed E-state index contributed by atoms with van der Waals surface area (Å²) in [4.78, 5) is 0. The van der Waals surface area contributed by atoms with Crippen LogP contribution in [0.15, 0.2) is 24.3 Å². The summed E-state index contributed by atoms with van der Waals surface area (Å²) in [6.45, 7) is 9.79. The summed E-state index contributed by atoms with van der Waals surface area (Å²) < 4.78 is 5.35. The van der Waals surface area contributed by atoms with Crippen LogP contribution < -0.4 is 4.74 Å². The molecule has 2 N–H and O–H groups in total. The van der Waals surface area contributed by atoms with Gasteiger partial charge in [-0.2, -0.15) is 0 Å². The van der Waals surface area contributed by atoms with Crippen LogP contribution in [0.3, 0.4) is 0 Å². The SMILES string of the molecule is CC.COc1c(C)cc(Cc2cc(O)cc(C)c2O)cc1C. The molecule has 0 amide bonds. The molecule has 0 bridgehead atoms. The molecule has 0 atom stereocenters. The van der Waals surface area contributed by atoms with E-state index in [1.165, 1.54) is 0 Å². The molecule has 0 unspecified atom stereocenters. The van der Waals surface area contributed by atoms with Crippen molar-refractivity contribution in [3.05, 3.63) is 52.1 Å². The van der Waals surface area contributed by atoms with Crippen LogP contribution in [-0.4, -0.2) is 17.3 Å². The molecule has 2 aromatic carbocycles. The number of phenols is 2. The maximum absolute atomic E-state index is 10.1. The third-order valence-corrected chi connectivity index (χ3v) is 3.48. The van der Waals surface area contributed by atoms with Crippen LogP contribution in [0.25, 0.3) is 0 Å². The standard InChI is InChI=1S/C17H20O3.C2H6/c1-10-7-15(18)9-14(16(10)19)8-13-5-11(2)17(20-4)12(3)6-13;1-2/h5-7,9,18-19H,8H2,1-4H3;1-2H3. The van der Waals surface area contributed by atoms with Crippen LogP contribution in [0.5, 0.6) is 17.2 Å². The molecule has 0 spiro atoms. The first kappa shape index (κ1) is 17.9. The fourth-order valence-electron chi connectivity index (χ4n) is 2.65. The number of hydrogen-bond donors (Lipinski definition) is 2. The van der Waals surface area contributed by atoms with Crippen LogP contribution in [0.2, 0.25) is 0 Å². The molecule has 0 fully saturated rings. The average molecular weight is 302 g/mol. The Morgan fingerprint density at radius 2 is 1.41 bits per heavy atom. The molecule has 120 valence electrons. The molecule has 0 heterocycles. The number of aromatic hydroxyl groups is 2. The Labute approximate surface area is 133 Å². The topological polar surface area (TPSA) is 49.7 Å². The first-order valence-electron chi connectivity index (χ1n) is 7.58. The number of phenolic OH excluding ortho intramolecular Hbond substituents is 2. The van der Waals surface area contributed by atoms with Crippen molar-refractivity contribution in [3.63, 3.8) is 0 Å². The van der Waals surface area contributed by atoms with Crippen molar-refractivity contribution in [3.8, 4) is 17.2 Å². The van der Waals surface area contributed by atoms with E-state index in [1.807, 2.05) is 39.8 Å². The number of rotatable bonds is 3. The van der Waals surface area contributed by atoms with Crippen molar-refractivity contribution >= 4 is 0 Å². The lowest BCUT2D eigenvalue weighted by molar-refractivity contribution is 0.408. The Kier molecular flexibility index (Phi) is 6.29. The van der Waals surface area contributed by atoms with Crippen LogP contribution in [0.4, 0.5) is 0 Å². The third kappa shape index (κ3) is 3.94. The van der Waals surface area contributed by atoms with E-state index in [0.717, 1.165) is 28.0 Å². The van der Waals surface area contributed by atoms with Gasteiger partial charge in [0.05, 0.1) is 7.11 Å². The van der Waals surface area contributed by atoms with Crippen LogP contribution in [0, 0.1) is 20.8 Å². The fraction of sp³-hybridized carbons (Fsp3) is 0.368. The molecule has 0 aromatic heterocycles. The fourth-order valence-corrected chi connectivity index (χ4v) is 2.65. The summed E-state index contributed by atoms with van der Waals surface area (Å²) in [5, 5.41) is 19.7.